The number of benzene rings is 1. The highest BCUT2D eigenvalue weighted by Crippen LogP contribution is 2.23. The number of anilines is 1. The second kappa shape index (κ2) is 7.18. The number of hydrogen-bond donors (Lipinski definition) is 2. The summed E-state index contributed by atoms with van der Waals surface area (Å²) in [6, 6.07) is 5.73. The first-order valence-corrected chi connectivity index (χ1v) is 6.97. The summed E-state index contributed by atoms with van der Waals surface area (Å²) in [5.74, 6) is -0.0263. The van der Waals surface area contributed by atoms with Crippen molar-refractivity contribution in [2.75, 3.05) is 11.9 Å². The zero-order chi connectivity index (χ0) is 12.8. The molecule has 5 heteroatoms. The summed E-state index contributed by atoms with van der Waals surface area (Å²) in [5, 5.41) is 6.57. The third-order valence-electron chi connectivity index (χ3n) is 2.25. The van der Waals surface area contributed by atoms with Gasteiger partial charge in [0.05, 0.1) is 10.7 Å². The summed E-state index contributed by atoms with van der Waals surface area (Å²) in [7, 11) is 0. The summed E-state index contributed by atoms with van der Waals surface area (Å²) < 4.78 is 1.05. The van der Waals surface area contributed by atoms with Crippen LogP contribution in [0.4, 0.5) is 5.69 Å². The van der Waals surface area contributed by atoms with Crippen molar-refractivity contribution in [3.8, 4) is 0 Å². The zero-order valence-electron chi connectivity index (χ0n) is 9.89. The Morgan fingerprint density at radius 1 is 1.53 bits per heavy atom. The van der Waals surface area contributed by atoms with Crippen molar-refractivity contribution in [3.63, 3.8) is 0 Å². The van der Waals surface area contributed by atoms with Crippen LogP contribution < -0.4 is 10.6 Å². The van der Waals surface area contributed by atoms with Crippen LogP contribution >= 0.6 is 34.2 Å². The predicted octanol–water partition coefficient (Wildman–Crippen LogP) is 3.27. The lowest BCUT2D eigenvalue weighted by atomic mass is 10.2. The molecule has 0 aromatic heterocycles. The molecule has 0 saturated heterocycles. The molecule has 1 atom stereocenters. The molecule has 1 aromatic carbocycles. The molecule has 94 valence electrons. The molecule has 0 saturated carbocycles. The van der Waals surface area contributed by atoms with Crippen LogP contribution in [-0.2, 0) is 4.79 Å². The first-order valence-electron chi connectivity index (χ1n) is 5.51. The fraction of sp³-hybridized carbons (Fsp3) is 0.417. The van der Waals surface area contributed by atoms with Gasteiger partial charge in [0.2, 0.25) is 5.91 Å². The Morgan fingerprint density at radius 3 is 2.82 bits per heavy atom. The lowest BCUT2D eigenvalue weighted by Gasteiger charge is -2.12. The molecule has 2 N–H and O–H groups in total. The minimum Gasteiger partial charge on any atom is -0.325 e. The molecule has 0 fully saturated rings. The fourth-order valence-corrected chi connectivity index (χ4v) is 2.39. The van der Waals surface area contributed by atoms with Gasteiger partial charge in [0.15, 0.2) is 0 Å². The average Bonchev–Trinajstić information content (AvgIpc) is 2.22. The van der Waals surface area contributed by atoms with E-state index in [1.807, 2.05) is 32.0 Å². The van der Waals surface area contributed by atoms with Crippen molar-refractivity contribution in [1.29, 1.82) is 0 Å². The maximum atomic E-state index is 11.7. The third kappa shape index (κ3) is 5.23. The first kappa shape index (κ1) is 14.7. The maximum Gasteiger partial charge on any atom is 0.225 e. The van der Waals surface area contributed by atoms with Crippen LogP contribution in [0.15, 0.2) is 18.2 Å². The maximum absolute atomic E-state index is 11.7. The summed E-state index contributed by atoms with van der Waals surface area (Å²) in [4.78, 5) is 11.7. The molecule has 17 heavy (non-hydrogen) atoms. The normalized spacial score (nSPS) is 12.2. The van der Waals surface area contributed by atoms with Gasteiger partial charge in [-0.05, 0) is 54.3 Å². The highest BCUT2D eigenvalue weighted by molar-refractivity contribution is 14.1. The molecule has 1 rings (SSSR count). The average molecular weight is 367 g/mol. The molecule has 0 aliphatic heterocycles. The Balaban J connectivity index is 2.56. The van der Waals surface area contributed by atoms with Crippen LogP contribution in [0.2, 0.25) is 5.02 Å². The van der Waals surface area contributed by atoms with Crippen LogP contribution in [0.25, 0.3) is 0 Å². The standard InChI is InChI=1S/C12H16ClIN2O/c1-3-15-8(2)6-12(17)16-11-5-4-9(14)7-10(11)13/h4-5,7-8,15H,3,6H2,1-2H3,(H,16,17). The van der Waals surface area contributed by atoms with Crippen molar-refractivity contribution < 1.29 is 4.79 Å². The van der Waals surface area contributed by atoms with Crippen LogP contribution in [0.5, 0.6) is 0 Å². The van der Waals surface area contributed by atoms with E-state index in [0.717, 1.165) is 10.1 Å². The predicted molar refractivity (Wildman–Crippen MR) is 80.6 cm³/mol. The molecular weight excluding hydrogens is 351 g/mol. The Morgan fingerprint density at radius 2 is 2.24 bits per heavy atom. The van der Waals surface area contributed by atoms with E-state index in [-0.39, 0.29) is 11.9 Å². The van der Waals surface area contributed by atoms with Crippen molar-refractivity contribution >= 4 is 45.8 Å². The van der Waals surface area contributed by atoms with Crippen molar-refractivity contribution in [2.24, 2.45) is 0 Å². The largest absolute Gasteiger partial charge is 0.325 e. The molecule has 3 nitrogen and oxygen atoms in total. The molecule has 1 unspecified atom stereocenters. The van der Waals surface area contributed by atoms with E-state index in [4.69, 9.17) is 11.6 Å². The van der Waals surface area contributed by atoms with Gasteiger partial charge >= 0.3 is 0 Å². The summed E-state index contributed by atoms with van der Waals surface area (Å²) in [6.07, 6.45) is 0.441. The van der Waals surface area contributed by atoms with Gasteiger partial charge in [0, 0.05) is 16.0 Å². The third-order valence-corrected chi connectivity index (χ3v) is 3.23. The van der Waals surface area contributed by atoms with Crippen LogP contribution in [-0.4, -0.2) is 18.5 Å². The van der Waals surface area contributed by atoms with Gasteiger partial charge in [-0.3, -0.25) is 4.79 Å². The van der Waals surface area contributed by atoms with E-state index in [1.54, 1.807) is 0 Å². The first-order chi connectivity index (χ1) is 8.02. The molecule has 0 spiro atoms. The van der Waals surface area contributed by atoms with E-state index >= 15 is 0 Å². The van der Waals surface area contributed by atoms with Crippen LogP contribution in [0.1, 0.15) is 20.3 Å². The SMILES string of the molecule is CCNC(C)CC(=O)Nc1ccc(I)cc1Cl. The fourth-order valence-electron chi connectivity index (χ4n) is 1.49. The van der Waals surface area contributed by atoms with Gasteiger partial charge < -0.3 is 10.6 Å². The van der Waals surface area contributed by atoms with Gasteiger partial charge in [0.25, 0.3) is 0 Å². The van der Waals surface area contributed by atoms with E-state index in [9.17, 15) is 4.79 Å². The lowest BCUT2D eigenvalue weighted by Crippen LogP contribution is -2.30. The zero-order valence-corrected chi connectivity index (χ0v) is 12.8. The van der Waals surface area contributed by atoms with Gasteiger partial charge in [-0.15, -0.1) is 0 Å². The molecule has 1 aromatic rings. The number of nitrogens with one attached hydrogen (secondary N) is 2. The van der Waals surface area contributed by atoms with Crippen molar-refractivity contribution in [2.45, 2.75) is 26.3 Å². The second-order valence-corrected chi connectivity index (χ2v) is 5.49. The summed E-state index contributed by atoms with van der Waals surface area (Å²) >= 11 is 8.22. The molecule has 0 aliphatic rings. The number of rotatable bonds is 5. The molecular formula is C12H16ClIN2O. The topological polar surface area (TPSA) is 41.1 Å². The summed E-state index contributed by atoms with van der Waals surface area (Å²) in [5.41, 5.74) is 0.667. The quantitative estimate of drug-likeness (QED) is 0.785. The lowest BCUT2D eigenvalue weighted by molar-refractivity contribution is -0.116. The monoisotopic (exact) mass is 366 g/mol. The number of amides is 1. The highest BCUT2D eigenvalue weighted by Gasteiger charge is 2.09. The summed E-state index contributed by atoms with van der Waals surface area (Å²) in [6.45, 7) is 4.86. The van der Waals surface area contributed by atoms with Crippen molar-refractivity contribution in [3.05, 3.63) is 26.8 Å². The van der Waals surface area contributed by atoms with E-state index in [2.05, 4.69) is 33.2 Å². The minimum atomic E-state index is -0.0263. The van der Waals surface area contributed by atoms with Crippen LogP contribution in [0, 0.1) is 3.57 Å². The van der Waals surface area contributed by atoms with E-state index in [1.165, 1.54) is 0 Å². The Kier molecular flexibility index (Phi) is 6.22. The van der Waals surface area contributed by atoms with E-state index < -0.39 is 0 Å². The van der Waals surface area contributed by atoms with Gasteiger partial charge in [-0.1, -0.05) is 18.5 Å². The van der Waals surface area contributed by atoms with Gasteiger partial charge in [-0.2, -0.15) is 0 Å². The Hall–Kier alpha value is -0.330. The second-order valence-electron chi connectivity index (χ2n) is 3.84. The van der Waals surface area contributed by atoms with E-state index in [0.29, 0.717) is 17.1 Å². The Bertz CT molecular complexity index is 398. The Labute approximate surface area is 120 Å². The number of halogens is 2. The molecule has 0 heterocycles. The molecule has 1 amide bonds. The molecule has 0 radical (unpaired) electrons. The molecule has 0 aliphatic carbocycles. The van der Waals surface area contributed by atoms with Crippen molar-refractivity contribution in [1.82, 2.24) is 5.32 Å². The number of carbonyl (C=O) groups excluding carboxylic acids is 1. The number of carbonyl (C=O) groups is 1. The minimum absolute atomic E-state index is 0.0263. The molecule has 0 bridgehead atoms. The van der Waals surface area contributed by atoms with Gasteiger partial charge in [0.1, 0.15) is 0 Å². The van der Waals surface area contributed by atoms with Crippen LogP contribution in [0.3, 0.4) is 0 Å². The van der Waals surface area contributed by atoms with Gasteiger partial charge in [-0.25, -0.2) is 0 Å². The highest BCUT2D eigenvalue weighted by atomic mass is 127. The smallest absolute Gasteiger partial charge is 0.225 e. The number of hydrogen-bond acceptors (Lipinski definition) is 2.